The molecule has 0 saturated heterocycles. The number of ether oxygens (including phenoxy) is 2. The standard InChI is InChI=1S/C15H17ClN2O2/c1-10(17)11-3-4-14(15(7-11)19-2)20-9-12-5-6-18-8-13(12)16/h3-8,10H,9,17H2,1-2H3/t10-/m1/s1. The molecule has 0 spiro atoms. The maximum absolute atomic E-state index is 6.04. The monoisotopic (exact) mass is 292 g/mol. The average Bonchev–Trinajstić information content (AvgIpc) is 2.46. The highest BCUT2D eigenvalue weighted by atomic mass is 35.5. The third-order valence-corrected chi connectivity index (χ3v) is 3.29. The van der Waals surface area contributed by atoms with Crippen LogP contribution in [0.1, 0.15) is 24.1 Å². The number of methoxy groups -OCH3 is 1. The van der Waals surface area contributed by atoms with E-state index in [9.17, 15) is 0 Å². The van der Waals surface area contributed by atoms with Crippen molar-refractivity contribution in [3.63, 3.8) is 0 Å². The predicted molar refractivity (Wildman–Crippen MR) is 79.2 cm³/mol. The molecule has 0 saturated carbocycles. The Morgan fingerprint density at radius 2 is 2.10 bits per heavy atom. The van der Waals surface area contributed by atoms with Gasteiger partial charge in [0.15, 0.2) is 11.5 Å². The van der Waals surface area contributed by atoms with Gasteiger partial charge in [-0.25, -0.2) is 0 Å². The van der Waals surface area contributed by atoms with Crippen molar-refractivity contribution in [1.82, 2.24) is 4.98 Å². The van der Waals surface area contributed by atoms with E-state index in [-0.39, 0.29) is 6.04 Å². The average molecular weight is 293 g/mol. The number of pyridine rings is 1. The lowest BCUT2D eigenvalue weighted by atomic mass is 10.1. The van der Waals surface area contributed by atoms with Crippen molar-refractivity contribution in [2.45, 2.75) is 19.6 Å². The van der Waals surface area contributed by atoms with Gasteiger partial charge in [0.25, 0.3) is 0 Å². The summed E-state index contributed by atoms with van der Waals surface area (Å²) in [6.07, 6.45) is 3.28. The first kappa shape index (κ1) is 14.6. The van der Waals surface area contributed by atoms with Crippen molar-refractivity contribution in [3.8, 4) is 11.5 Å². The maximum atomic E-state index is 6.04. The molecule has 1 aromatic carbocycles. The van der Waals surface area contributed by atoms with Gasteiger partial charge in [-0.3, -0.25) is 4.98 Å². The summed E-state index contributed by atoms with van der Waals surface area (Å²) in [5.41, 5.74) is 7.72. The summed E-state index contributed by atoms with van der Waals surface area (Å²) in [4.78, 5) is 3.94. The Hall–Kier alpha value is -1.78. The fourth-order valence-electron chi connectivity index (χ4n) is 1.76. The molecule has 20 heavy (non-hydrogen) atoms. The fraction of sp³-hybridized carbons (Fsp3) is 0.267. The summed E-state index contributed by atoms with van der Waals surface area (Å²) >= 11 is 6.04. The Bertz CT molecular complexity index is 588. The van der Waals surface area contributed by atoms with Crippen molar-refractivity contribution < 1.29 is 9.47 Å². The summed E-state index contributed by atoms with van der Waals surface area (Å²) in [6.45, 7) is 2.28. The smallest absolute Gasteiger partial charge is 0.161 e. The van der Waals surface area contributed by atoms with Crippen molar-refractivity contribution in [2.24, 2.45) is 5.73 Å². The molecule has 0 aliphatic rings. The molecule has 0 bridgehead atoms. The summed E-state index contributed by atoms with van der Waals surface area (Å²) < 4.78 is 11.1. The molecular formula is C15H17ClN2O2. The SMILES string of the molecule is COc1cc([C@@H](C)N)ccc1OCc1ccncc1Cl. The van der Waals surface area contributed by atoms with Crippen LogP contribution in [-0.2, 0) is 6.61 Å². The van der Waals surface area contributed by atoms with Gasteiger partial charge >= 0.3 is 0 Å². The van der Waals surface area contributed by atoms with E-state index in [1.54, 1.807) is 19.5 Å². The third-order valence-electron chi connectivity index (χ3n) is 2.95. The van der Waals surface area contributed by atoms with E-state index >= 15 is 0 Å². The maximum Gasteiger partial charge on any atom is 0.161 e. The normalized spacial score (nSPS) is 12.0. The Morgan fingerprint density at radius 3 is 2.75 bits per heavy atom. The van der Waals surface area contributed by atoms with Crippen LogP contribution in [0.25, 0.3) is 0 Å². The molecule has 0 aliphatic heterocycles. The lowest BCUT2D eigenvalue weighted by molar-refractivity contribution is 0.284. The highest BCUT2D eigenvalue weighted by Crippen LogP contribution is 2.30. The van der Waals surface area contributed by atoms with E-state index < -0.39 is 0 Å². The molecule has 0 amide bonds. The van der Waals surface area contributed by atoms with Gasteiger partial charge in [-0.15, -0.1) is 0 Å². The van der Waals surface area contributed by atoms with Crippen LogP contribution in [0.5, 0.6) is 11.5 Å². The largest absolute Gasteiger partial charge is 0.493 e. The van der Waals surface area contributed by atoms with Gasteiger partial charge in [0.1, 0.15) is 6.61 Å². The quantitative estimate of drug-likeness (QED) is 0.918. The first-order chi connectivity index (χ1) is 9.61. The lowest BCUT2D eigenvalue weighted by Crippen LogP contribution is -2.06. The minimum absolute atomic E-state index is 0.0485. The summed E-state index contributed by atoms with van der Waals surface area (Å²) in [5.74, 6) is 1.31. The van der Waals surface area contributed by atoms with Crippen LogP contribution >= 0.6 is 11.6 Å². The van der Waals surface area contributed by atoms with E-state index in [1.165, 1.54) is 0 Å². The number of hydrogen-bond acceptors (Lipinski definition) is 4. The molecule has 1 heterocycles. The molecule has 1 aromatic heterocycles. The molecule has 2 N–H and O–H groups in total. The van der Waals surface area contributed by atoms with Crippen molar-refractivity contribution in [2.75, 3.05) is 7.11 Å². The number of hydrogen-bond donors (Lipinski definition) is 1. The van der Waals surface area contributed by atoms with Crippen LogP contribution in [0, 0.1) is 0 Å². The zero-order chi connectivity index (χ0) is 14.5. The van der Waals surface area contributed by atoms with Crippen LogP contribution < -0.4 is 15.2 Å². The molecule has 0 aliphatic carbocycles. The number of aromatic nitrogens is 1. The van der Waals surface area contributed by atoms with Gasteiger partial charge in [-0.05, 0) is 30.7 Å². The zero-order valence-electron chi connectivity index (χ0n) is 11.5. The van der Waals surface area contributed by atoms with Crippen LogP contribution in [0.3, 0.4) is 0 Å². The highest BCUT2D eigenvalue weighted by Gasteiger charge is 2.09. The molecule has 2 aromatic rings. The van der Waals surface area contributed by atoms with Crippen LogP contribution in [-0.4, -0.2) is 12.1 Å². The van der Waals surface area contributed by atoms with Gasteiger partial charge in [0, 0.05) is 24.0 Å². The fourth-order valence-corrected chi connectivity index (χ4v) is 1.94. The Kier molecular flexibility index (Phi) is 4.82. The number of benzene rings is 1. The van der Waals surface area contributed by atoms with E-state index in [2.05, 4.69) is 4.98 Å². The van der Waals surface area contributed by atoms with E-state index in [1.807, 2.05) is 31.2 Å². The zero-order valence-corrected chi connectivity index (χ0v) is 12.2. The lowest BCUT2D eigenvalue weighted by Gasteiger charge is -2.14. The van der Waals surface area contributed by atoms with E-state index in [4.69, 9.17) is 26.8 Å². The minimum atomic E-state index is -0.0485. The Labute approximate surface area is 123 Å². The second kappa shape index (κ2) is 6.59. The van der Waals surface area contributed by atoms with Crippen LogP contribution in [0.4, 0.5) is 0 Å². The van der Waals surface area contributed by atoms with Gasteiger partial charge < -0.3 is 15.2 Å². The van der Waals surface area contributed by atoms with Crippen molar-refractivity contribution >= 4 is 11.6 Å². The molecule has 1 atom stereocenters. The van der Waals surface area contributed by atoms with Gasteiger partial charge in [0.2, 0.25) is 0 Å². The Balaban J connectivity index is 2.15. The van der Waals surface area contributed by atoms with Gasteiger partial charge in [0.05, 0.1) is 12.1 Å². The molecule has 4 nitrogen and oxygen atoms in total. The molecule has 2 rings (SSSR count). The topological polar surface area (TPSA) is 57.4 Å². The number of nitrogens with zero attached hydrogens (tertiary/aromatic N) is 1. The summed E-state index contributed by atoms with van der Waals surface area (Å²) in [7, 11) is 1.60. The van der Waals surface area contributed by atoms with Crippen molar-refractivity contribution in [1.29, 1.82) is 0 Å². The van der Waals surface area contributed by atoms with Crippen LogP contribution in [0.2, 0.25) is 5.02 Å². The molecule has 5 heteroatoms. The molecule has 0 unspecified atom stereocenters. The van der Waals surface area contributed by atoms with E-state index in [0.717, 1.165) is 11.1 Å². The first-order valence-electron chi connectivity index (χ1n) is 6.26. The number of rotatable bonds is 5. The highest BCUT2D eigenvalue weighted by molar-refractivity contribution is 6.31. The van der Waals surface area contributed by atoms with E-state index in [0.29, 0.717) is 23.1 Å². The Morgan fingerprint density at radius 1 is 1.30 bits per heavy atom. The third kappa shape index (κ3) is 3.40. The second-order valence-electron chi connectivity index (χ2n) is 4.45. The summed E-state index contributed by atoms with van der Waals surface area (Å²) in [6, 6.07) is 7.44. The molecule has 0 radical (unpaired) electrons. The predicted octanol–water partition coefficient (Wildman–Crippen LogP) is 3.34. The van der Waals surface area contributed by atoms with Gasteiger partial charge in [-0.2, -0.15) is 0 Å². The van der Waals surface area contributed by atoms with Gasteiger partial charge in [-0.1, -0.05) is 17.7 Å². The first-order valence-corrected chi connectivity index (χ1v) is 6.64. The van der Waals surface area contributed by atoms with Crippen LogP contribution in [0.15, 0.2) is 36.7 Å². The van der Waals surface area contributed by atoms with Crippen molar-refractivity contribution in [3.05, 3.63) is 52.8 Å². The second-order valence-corrected chi connectivity index (χ2v) is 4.86. The summed E-state index contributed by atoms with van der Waals surface area (Å²) in [5, 5.41) is 0.582. The molecule has 0 fully saturated rings. The minimum Gasteiger partial charge on any atom is -0.493 e. The number of halogens is 1. The molecule has 106 valence electrons. The molecular weight excluding hydrogens is 276 g/mol. The number of nitrogens with two attached hydrogens (primary N) is 1.